The minimum absolute atomic E-state index is 0.223. The number of benzene rings is 1. The number of hydrogen-bond donors (Lipinski definition) is 2. The van der Waals surface area contributed by atoms with Crippen LogP contribution in [0.25, 0.3) is 0 Å². The molecule has 1 fully saturated rings. The summed E-state index contributed by atoms with van der Waals surface area (Å²) in [5.74, 6) is 0. The highest BCUT2D eigenvalue weighted by Gasteiger charge is 2.24. The highest BCUT2D eigenvalue weighted by molar-refractivity contribution is 7.10. The molecule has 1 aliphatic heterocycles. The van der Waals surface area contributed by atoms with Crippen LogP contribution < -0.4 is 10.6 Å². The number of amides is 2. The maximum atomic E-state index is 12.2. The van der Waals surface area contributed by atoms with E-state index in [0.717, 1.165) is 13.1 Å². The average Bonchev–Trinajstić information content (AvgIpc) is 3.23. The monoisotopic (exact) mass is 349 g/mol. The van der Waals surface area contributed by atoms with Crippen molar-refractivity contribution in [2.75, 3.05) is 25.0 Å². The molecular weight excluding hydrogens is 330 g/mol. The van der Waals surface area contributed by atoms with E-state index < -0.39 is 0 Å². The molecule has 0 spiro atoms. The van der Waals surface area contributed by atoms with E-state index in [4.69, 9.17) is 11.6 Å². The fraction of sp³-hybridized carbons (Fsp3) is 0.353. The molecule has 0 bridgehead atoms. The van der Waals surface area contributed by atoms with Crippen LogP contribution in [0.5, 0.6) is 0 Å². The average molecular weight is 350 g/mol. The van der Waals surface area contributed by atoms with Gasteiger partial charge in [0, 0.05) is 11.4 Å². The third-order valence-corrected chi connectivity index (χ3v) is 5.33. The predicted molar refractivity (Wildman–Crippen MR) is 96.3 cm³/mol. The summed E-state index contributed by atoms with van der Waals surface area (Å²) in [4.78, 5) is 15.9. The lowest BCUT2D eigenvalue weighted by atomic mass is 10.2. The van der Waals surface area contributed by atoms with Crippen molar-refractivity contribution in [3.63, 3.8) is 0 Å². The second-order valence-corrected chi connectivity index (χ2v) is 6.98. The number of urea groups is 1. The highest BCUT2D eigenvalue weighted by atomic mass is 35.5. The number of rotatable bonds is 5. The van der Waals surface area contributed by atoms with Gasteiger partial charge in [0.25, 0.3) is 0 Å². The van der Waals surface area contributed by atoms with Crippen LogP contribution in [0, 0.1) is 0 Å². The number of nitrogens with one attached hydrogen (secondary N) is 2. The van der Waals surface area contributed by atoms with E-state index in [-0.39, 0.29) is 12.1 Å². The topological polar surface area (TPSA) is 44.4 Å². The van der Waals surface area contributed by atoms with Crippen LogP contribution in [-0.2, 0) is 0 Å². The fourth-order valence-electron chi connectivity index (χ4n) is 2.86. The molecule has 0 saturated carbocycles. The fourth-order valence-corrected chi connectivity index (χ4v) is 3.91. The smallest absolute Gasteiger partial charge is 0.319 e. The molecule has 2 aromatic rings. The Labute approximate surface area is 145 Å². The molecule has 1 aromatic heterocycles. The molecule has 3 rings (SSSR count). The number of carbonyl (C=O) groups excluding carboxylic acids is 1. The Morgan fingerprint density at radius 1 is 1.22 bits per heavy atom. The number of thiophene rings is 1. The van der Waals surface area contributed by atoms with Crippen molar-refractivity contribution in [3.05, 3.63) is 51.7 Å². The van der Waals surface area contributed by atoms with E-state index in [0.29, 0.717) is 17.3 Å². The van der Waals surface area contributed by atoms with Gasteiger partial charge in [0.1, 0.15) is 0 Å². The molecule has 2 heterocycles. The van der Waals surface area contributed by atoms with Crippen molar-refractivity contribution in [2.45, 2.75) is 18.9 Å². The summed E-state index contributed by atoms with van der Waals surface area (Å²) < 4.78 is 0. The van der Waals surface area contributed by atoms with Gasteiger partial charge in [-0.15, -0.1) is 11.3 Å². The van der Waals surface area contributed by atoms with E-state index in [9.17, 15) is 4.79 Å². The maximum absolute atomic E-state index is 12.2. The zero-order valence-corrected chi connectivity index (χ0v) is 14.4. The van der Waals surface area contributed by atoms with Gasteiger partial charge in [-0.05, 0) is 49.5 Å². The van der Waals surface area contributed by atoms with Crippen molar-refractivity contribution in [2.24, 2.45) is 0 Å². The summed E-state index contributed by atoms with van der Waals surface area (Å²) >= 11 is 7.81. The third-order valence-electron chi connectivity index (χ3n) is 4.03. The van der Waals surface area contributed by atoms with Crippen LogP contribution in [-0.4, -0.2) is 30.6 Å². The first-order valence-corrected chi connectivity index (χ1v) is 9.06. The Morgan fingerprint density at radius 2 is 2.00 bits per heavy atom. The minimum atomic E-state index is -0.223. The zero-order chi connectivity index (χ0) is 16.1. The number of likely N-dealkylation sites (tertiary alicyclic amines) is 1. The van der Waals surface area contributed by atoms with Gasteiger partial charge in [0.2, 0.25) is 0 Å². The number of carbonyl (C=O) groups is 1. The van der Waals surface area contributed by atoms with Gasteiger partial charge >= 0.3 is 6.03 Å². The molecular formula is C17H20ClN3OS. The normalized spacial score (nSPS) is 16.2. The molecule has 1 aromatic carbocycles. The molecule has 1 aliphatic rings. The number of nitrogens with zero attached hydrogens (tertiary/aromatic N) is 1. The Bertz CT molecular complexity index is 641. The van der Waals surface area contributed by atoms with E-state index in [1.165, 1.54) is 17.7 Å². The van der Waals surface area contributed by atoms with Gasteiger partial charge in [-0.3, -0.25) is 4.90 Å². The number of para-hydroxylation sites is 1. The molecule has 2 amide bonds. The third kappa shape index (κ3) is 4.25. The van der Waals surface area contributed by atoms with Gasteiger partial charge in [0.05, 0.1) is 16.8 Å². The second kappa shape index (κ2) is 7.81. The molecule has 122 valence electrons. The van der Waals surface area contributed by atoms with Crippen LogP contribution in [0.2, 0.25) is 5.02 Å². The number of anilines is 1. The largest absolute Gasteiger partial charge is 0.336 e. The summed E-state index contributed by atoms with van der Waals surface area (Å²) in [6.45, 7) is 2.78. The number of halogens is 1. The molecule has 2 N–H and O–H groups in total. The van der Waals surface area contributed by atoms with Crippen LogP contribution in [0.15, 0.2) is 41.8 Å². The van der Waals surface area contributed by atoms with Crippen LogP contribution >= 0.6 is 22.9 Å². The highest BCUT2D eigenvalue weighted by Crippen LogP contribution is 2.28. The Hall–Kier alpha value is -1.56. The lowest BCUT2D eigenvalue weighted by Gasteiger charge is -2.27. The molecule has 1 unspecified atom stereocenters. The summed E-state index contributed by atoms with van der Waals surface area (Å²) in [7, 11) is 0. The van der Waals surface area contributed by atoms with E-state index in [1.54, 1.807) is 23.5 Å². The number of hydrogen-bond acceptors (Lipinski definition) is 3. The van der Waals surface area contributed by atoms with E-state index >= 15 is 0 Å². The van der Waals surface area contributed by atoms with E-state index in [2.05, 4.69) is 33.0 Å². The molecule has 0 radical (unpaired) electrons. The van der Waals surface area contributed by atoms with Crippen LogP contribution in [0.3, 0.4) is 0 Å². The molecule has 1 saturated heterocycles. The Kier molecular flexibility index (Phi) is 5.54. The molecule has 6 heteroatoms. The first-order chi connectivity index (χ1) is 11.2. The lowest BCUT2D eigenvalue weighted by Crippen LogP contribution is -2.38. The van der Waals surface area contributed by atoms with Crippen molar-refractivity contribution in [1.82, 2.24) is 10.2 Å². The van der Waals surface area contributed by atoms with Crippen LogP contribution in [0.1, 0.15) is 23.8 Å². The SMILES string of the molecule is O=C(NCC(c1cccs1)N1CCCC1)Nc1ccccc1Cl. The molecule has 23 heavy (non-hydrogen) atoms. The van der Waals surface area contributed by atoms with Gasteiger partial charge in [-0.2, -0.15) is 0 Å². The van der Waals surface area contributed by atoms with Gasteiger partial charge in [0.15, 0.2) is 0 Å². The Balaban J connectivity index is 1.60. The summed E-state index contributed by atoms with van der Waals surface area (Å²) in [6, 6.07) is 11.5. The zero-order valence-electron chi connectivity index (χ0n) is 12.8. The molecule has 1 atom stereocenters. The predicted octanol–water partition coefficient (Wildman–Crippen LogP) is 4.36. The first kappa shape index (κ1) is 16.3. The van der Waals surface area contributed by atoms with Gasteiger partial charge in [-0.25, -0.2) is 4.79 Å². The summed E-state index contributed by atoms with van der Waals surface area (Å²) in [5.41, 5.74) is 0.625. The van der Waals surface area contributed by atoms with E-state index in [1.807, 2.05) is 12.1 Å². The summed E-state index contributed by atoms with van der Waals surface area (Å²) in [5, 5.41) is 8.41. The standard InChI is InChI=1S/C17H20ClN3OS/c18-13-6-1-2-7-14(13)20-17(22)19-12-15(16-8-5-11-23-16)21-9-3-4-10-21/h1-2,5-8,11,15H,3-4,9-10,12H2,(H2,19,20,22). The minimum Gasteiger partial charge on any atom is -0.336 e. The van der Waals surface area contributed by atoms with Crippen molar-refractivity contribution < 1.29 is 4.79 Å². The first-order valence-electron chi connectivity index (χ1n) is 7.81. The van der Waals surface area contributed by atoms with Crippen molar-refractivity contribution in [3.8, 4) is 0 Å². The Morgan fingerprint density at radius 3 is 2.70 bits per heavy atom. The lowest BCUT2D eigenvalue weighted by molar-refractivity contribution is 0.229. The van der Waals surface area contributed by atoms with Crippen molar-refractivity contribution in [1.29, 1.82) is 0 Å². The quantitative estimate of drug-likeness (QED) is 0.842. The maximum Gasteiger partial charge on any atom is 0.319 e. The van der Waals surface area contributed by atoms with Crippen LogP contribution in [0.4, 0.5) is 10.5 Å². The summed E-state index contributed by atoms with van der Waals surface area (Å²) in [6.07, 6.45) is 2.46. The van der Waals surface area contributed by atoms with Gasteiger partial charge < -0.3 is 10.6 Å². The second-order valence-electron chi connectivity index (χ2n) is 5.59. The molecule has 4 nitrogen and oxygen atoms in total. The van der Waals surface area contributed by atoms with Crippen molar-refractivity contribution >= 4 is 34.7 Å². The molecule has 0 aliphatic carbocycles. The van der Waals surface area contributed by atoms with Gasteiger partial charge in [-0.1, -0.05) is 29.8 Å².